The van der Waals surface area contributed by atoms with Crippen LogP contribution in [0.5, 0.6) is 5.75 Å². The summed E-state index contributed by atoms with van der Waals surface area (Å²) in [6, 6.07) is 13.1. The summed E-state index contributed by atoms with van der Waals surface area (Å²) in [6.07, 6.45) is 0.292. The largest absolute Gasteiger partial charge is 0.435 e. The molecule has 0 saturated carbocycles. The van der Waals surface area contributed by atoms with Gasteiger partial charge in [0.05, 0.1) is 0 Å². The van der Waals surface area contributed by atoms with Crippen LogP contribution in [0.15, 0.2) is 48.5 Å². The third-order valence-corrected chi connectivity index (χ3v) is 3.14. The fourth-order valence-corrected chi connectivity index (χ4v) is 2.16. The zero-order valence-corrected chi connectivity index (χ0v) is 12.9. The van der Waals surface area contributed by atoms with E-state index in [1.165, 1.54) is 18.2 Å². The maximum atomic E-state index is 12.5. The maximum absolute atomic E-state index is 12.5. The van der Waals surface area contributed by atoms with E-state index in [4.69, 9.17) is 0 Å². The lowest BCUT2D eigenvalue weighted by Gasteiger charge is -2.13. The summed E-state index contributed by atoms with van der Waals surface area (Å²) in [7, 11) is 0. The van der Waals surface area contributed by atoms with Crippen molar-refractivity contribution >= 4 is 11.6 Å². The first kappa shape index (κ1) is 18.7. The molecule has 0 bridgehead atoms. The van der Waals surface area contributed by atoms with E-state index in [2.05, 4.69) is 14.8 Å². The topological polar surface area (TPSA) is 47.6 Å². The molecule has 2 rings (SSSR count). The molecule has 0 aromatic heterocycles. The van der Waals surface area contributed by atoms with E-state index < -0.39 is 25.7 Å². The van der Waals surface area contributed by atoms with Crippen molar-refractivity contribution in [2.24, 2.45) is 0 Å². The van der Waals surface area contributed by atoms with Gasteiger partial charge in [0.1, 0.15) is 12.4 Å². The molecule has 0 unspecified atom stereocenters. The maximum Gasteiger partial charge on any atom is 0.387 e. The number of carbonyl (C=O) groups is 1. The molecule has 25 heavy (non-hydrogen) atoms. The fourth-order valence-electron chi connectivity index (χ4n) is 2.16. The number of halogens is 4. The molecule has 0 atom stereocenters. The van der Waals surface area contributed by atoms with Gasteiger partial charge >= 0.3 is 13.2 Å². The molecule has 0 heterocycles. The van der Waals surface area contributed by atoms with Crippen LogP contribution in [-0.2, 0) is 16.0 Å². The highest BCUT2D eigenvalue weighted by atomic mass is 19.3. The Hall–Kier alpha value is -2.61. The van der Waals surface area contributed by atoms with Gasteiger partial charge in [0.2, 0.25) is 0 Å². The van der Waals surface area contributed by atoms with Crippen molar-refractivity contribution in [2.75, 3.05) is 11.9 Å². The standard InChI is InChI=1S/C17H15F4NO3/c18-16(19)24-10-15(23)22-13-6-7-14(25-17(20)21)12(9-13)8-11-4-2-1-3-5-11/h1-7,9,16-17H,8,10H2,(H,22,23). The van der Waals surface area contributed by atoms with E-state index in [0.717, 1.165) is 5.56 Å². The van der Waals surface area contributed by atoms with Gasteiger partial charge in [-0.1, -0.05) is 30.3 Å². The minimum atomic E-state index is -3.05. The number of benzene rings is 2. The number of hydrogen-bond acceptors (Lipinski definition) is 3. The molecule has 0 spiro atoms. The lowest BCUT2D eigenvalue weighted by atomic mass is 10.0. The first-order chi connectivity index (χ1) is 11.9. The molecular formula is C17H15F4NO3. The summed E-state index contributed by atoms with van der Waals surface area (Å²) in [5.74, 6) is -0.811. The second-order valence-electron chi connectivity index (χ2n) is 4.98. The summed E-state index contributed by atoms with van der Waals surface area (Å²) in [5, 5.41) is 2.36. The smallest absolute Gasteiger partial charge is 0.387 e. The van der Waals surface area contributed by atoms with E-state index >= 15 is 0 Å². The van der Waals surface area contributed by atoms with E-state index in [0.29, 0.717) is 12.0 Å². The monoisotopic (exact) mass is 357 g/mol. The molecule has 0 aliphatic heterocycles. The minimum Gasteiger partial charge on any atom is -0.435 e. The van der Waals surface area contributed by atoms with Crippen molar-refractivity contribution in [2.45, 2.75) is 19.6 Å². The van der Waals surface area contributed by atoms with E-state index in [9.17, 15) is 22.4 Å². The second-order valence-corrected chi connectivity index (χ2v) is 4.98. The highest BCUT2D eigenvalue weighted by molar-refractivity contribution is 5.91. The van der Waals surface area contributed by atoms with Crippen LogP contribution in [0.1, 0.15) is 11.1 Å². The van der Waals surface area contributed by atoms with Gasteiger partial charge in [-0.05, 0) is 23.8 Å². The Morgan fingerprint density at radius 1 is 1.00 bits per heavy atom. The van der Waals surface area contributed by atoms with Gasteiger partial charge in [-0.2, -0.15) is 17.6 Å². The van der Waals surface area contributed by atoms with Crippen LogP contribution in [0.3, 0.4) is 0 Å². The van der Waals surface area contributed by atoms with E-state index in [-0.39, 0.29) is 11.4 Å². The Balaban J connectivity index is 2.16. The normalized spacial score (nSPS) is 11.0. The first-order valence-corrected chi connectivity index (χ1v) is 7.25. The zero-order valence-electron chi connectivity index (χ0n) is 12.9. The predicted molar refractivity (Wildman–Crippen MR) is 82.9 cm³/mol. The van der Waals surface area contributed by atoms with E-state index in [1.807, 2.05) is 18.2 Å². The SMILES string of the molecule is O=C(COC(F)F)Nc1ccc(OC(F)F)c(Cc2ccccc2)c1. The molecule has 8 heteroatoms. The summed E-state index contributed by atoms with van der Waals surface area (Å²) < 4.78 is 57.3. The molecule has 0 aliphatic rings. The van der Waals surface area contributed by atoms with Crippen molar-refractivity contribution in [1.82, 2.24) is 0 Å². The molecule has 0 fully saturated rings. The van der Waals surface area contributed by atoms with E-state index in [1.54, 1.807) is 12.1 Å². The summed E-state index contributed by atoms with van der Waals surface area (Å²) in [6.45, 7) is -6.86. The van der Waals surface area contributed by atoms with Crippen LogP contribution in [0, 0.1) is 0 Å². The fraction of sp³-hybridized carbons (Fsp3) is 0.235. The molecule has 2 aromatic carbocycles. The molecule has 0 aliphatic carbocycles. The molecule has 2 aromatic rings. The van der Waals surface area contributed by atoms with Crippen LogP contribution in [-0.4, -0.2) is 25.7 Å². The second kappa shape index (κ2) is 9.03. The Morgan fingerprint density at radius 2 is 1.72 bits per heavy atom. The Kier molecular flexibility index (Phi) is 6.76. The number of alkyl halides is 4. The number of anilines is 1. The average Bonchev–Trinajstić information content (AvgIpc) is 2.56. The van der Waals surface area contributed by atoms with Gasteiger partial charge in [-0.15, -0.1) is 0 Å². The van der Waals surface area contributed by atoms with Crippen LogP contribution < -0.4 is 10.1 Å². The average molecular weight is 357 g/mol. The van der Waals surface area contributed by atoms with Crippen LogP contribution >= 0.6 is 0 Å². The quantitative estimate of drug-likeness (QED) is 0.725. The molecule has 1 N–H and O–H groups in total. The number of hydrogen-bond donors (Lipinski definition) is 1. The lowest BCUT2D eigenvalue weighted by molar-refractivity contribution is -0.148. The Morgan fingerprint density at radius 3 is 2.36 bits per heavy atom. The van der Waals surface area contributed by atoms with Crippen molar-refractivity contribution in [3.8, 4) is 5.75 Å². The van der Waals surface area contributed by atoms with Crippen molar-refractivity contribution in [3.05, 3.63) is 59.7 Å². The molecule has 134 valence electrons. The number of rotatable bonds is 8. The van der Waals surface area contributed by atoms with Crippen LogP contribution in [0.25, 0.3) is 0 Å². The number of ether oxygens (including phenoxy) is 2. The van der Waals surface area contributed by atoms with Gasteiger partial charge < -0.3 is 14.8 Å². The molecule has 1 amide bonds. The highest BCUT2D eigenvalue weighted by Crippen LogP contribution is 2.27. The predicted octanol–water partition coefficient (Wildman–Crippen LogP) is 4.06. The molecular weight excluding hydrogens is 342 g/mol. The molecule has 4 nitrogen and oxygen atoms in total. The first-order valence-electron chi connectivity index (χ1n) is 7.25. The number of nitrogens with one attached hydrogen (secondary N) is 1. The Bertz CT molecular complexity index is 696. The van der Waals surface area contributed by atoms with Gasteiger partial charge in [-0.3, -0.25) is 4.79 Å². The van der Waals surface area contributed by atoms with Gasteiger partial charge in [0, 0.05) is 17.7 Å². The van der Waals surface area contributed by atoms with Gasteiger partial charge in [0.15, 0.2) is 0 Å². The van der Waals surface area contributed by atoms with Crippen molar-refractivity contribution in [3.63, 3.8) is 0 Å². The molecule has 0 saturated heterocycles. The third-order valence-electron chi connectivity index (χ3n) is 3.14. The molecule has 0 radical (unpaired) electrons. The van der Waals surface area contributed by atoms with Gasteiger partial charge in [-0.25, -0.2) is 0 Å². The van der Waals surface area contributed by atoms with Crippen LogP contribution in [0.2, 0.25) is 0 Å². The summed E-state index contributed by atoms with van der Waals surface area (Å²) in [4.78, 5) is 11.5. The van der Waals surface area contributed by atoms with Gasteiger partial charge in [0.25, 0.3) is 5.91 Å². The number of carbonyl (C=O) groups excluding carboxylic acids is 1. The minimum absolute atomic E-state index is 0.0271. The summed E-state index contributed by atoms with van der Waals surface area (Å²) in [5.41, 5.74) is 1.53. The number of amides is 1. The lowest BCUT2D eigenvalue weighted by Crippen LogP contribution is -2.20. The zero-order chi connectivity index (χ0) is 18.2. The summed E-state index contributed by atoms with van der Waals surface area (Å²) >= 11 is 0. The van der Waals surface area contributed by atoms with Crippen LogP contribution in [0.4, 0.5) is 23.2 Å². The Labute approximate surface area is 141 Å². The highest BCUT2D eigenvalue weighted by Gasteiger charge is 2.13. The van der Waals surface area contributed by atoms with Crippen molar-refractivity contribution < 1.29 is 31.8 Å². The third kappa shape index (κ3) is 6.42. The van der Waals surface area contributed by atoms with Crippen molar-refractivity contribution in [1.29, 1.82) is 0 Å².